The molecule has 0 bridgehead atoms. The first-order valence-corrected chi connectivity index (χ1v) is 26.4. The molecule has 0 aromatic carbocycles. The van der Waals surface area contributed by atoms with Crippen LogP contribution in [-0.2, 0) is 14.3 Å². The highest BCUT2D eigenvalue weighted by Crippen LogP contribution is 2.23. The molecule has 1 amide bonds. The molecule has 1 fully saturated rings. The van der Waals surface area contributed by atoms with Crippen LogP contribution in [0, 0.1) is 0 Å². The zero-order valence-corrected chi connectivity index (χ0v) is 40.6. The number of carbonyl (C=O) groups excluding carboxylic acids is 1. The Kier molecular flexibility index (Phi) is 41.3. The lowest BCUT2D eigenvalue weighted by atomic mass is 9.99. The molecule has 63 heavy (non-hydrogen) atoms. The van der Waals surface area contributed by atoms with Crippen molar-refractivity contribution < 1.29 is 39.8 Å². The van der Waals surface area contributed by atoms with Gasteiger partial charge in [-0.15, -0.1) is 0 Å². The quantitative estimate of drug-likeness (QED) is 0.0262. The van der Waals surface area contributed by atoms with Crippen LogP contribution in [0.3, 0.4) is 0 Å². The van der Waals surface area contributed by atoms with Crippen LogP contribution in [0.2, 0.25) is 0 Å². The lowest BCUT2D eigenvalue weighted by molar-refractivity contribution is -0.302. The van der Waals surface area contributed by atoms with Crippen molar-refractivity contribution in [1.82, 2.24) is 5.32 Å². The van der Waals surface area contributed by atoms with Crippen LogP contribution in [0.5, 0.6) is 0 Å². The van der Waals surface area contributed by atoms with Gasteiger partial charge in [-0.2, -0.15) is 0 Å². The Labute approximate surface area is 386 Å². The van der Waals surface area contributed by atoms with Crippen molar-refractivity contribution >= 4 is 5.91 Å². The van der Waals surface area contributed by atoms with E-state index >= 15 is 0 Å². The summed E-state index contributed by atoms with van der Waals surface area (Å²) in [7, 11) is 0. The van der Waals surface area contributed by atoms with Crippen molar-refractivity contribution in [3.05, 3.63) is 48.6 Å². The molecule has 1 heterocycles. The summed E-state index contributed by atoms with van der Waals surface area (Å²) in [5, 5.41) is 54.3. The standard InChI is InChI=1S/C54H99NO8/c1-3-5-7-9-11-13-15-17-18-19-20-21-22-23-24-25-26-27-28-29-30-32-34-36-38-40-42-44-50(58)55-47(46-62-54-53(61)52(60)51(59)49(45-56)63-54)48(57)43-41-39-37-35-33-31-16-14-12-10-8-6-4-2/h15,17,19-20,33,35,41,43,47-49,51-54,56-57,59-61H,3-14,16,18,21-32,34,36-40,42,44-46H2,1-2H3,(H,55,58)/b17-15-,20-19-,35-33+,43-41+. The fourth-order valence-electron chi connectivity index (χ4n) is 8.14. The van der Waals surface area contributed by atoms with Crippen molar-refractivity contribution in [3.63, 3.8) is 0 Å². The fraction of sp³-hybridized carbons (Fsp3) is 0.833. The van der Waals surface area contributed by atoms with E-state index in [-0.39, 0.29) is 12.5 Å². The number of rotatable bonds is 44. The van der Waals surface area contributed by atoms with Gasteiger partial charge in [0, 0.05) is 6.42 Å². The molecule has 1 aliphatic rings. The second kappa shape index (κ2) is 44.0. The number of aliphatic hydroxyl groups excluding tert-OH is 5. The predicted octanol–water partition coefficient (Wildman–Crippen LogP) is 12.2. The first kappa shape index (κ1) is 59.2. The van der Waals surface area contributed by atoms with Gasteiger partial charge in [0.1, 0.15) is 24.4 Å². The highest BCUT2D eigenvalue weighted by atomic mass is 16.7. The Morgan fingerprint density at radius 2 is 0.952 bits per heavy atom. The van der Waals surface area contributed by atoms with Crippen molar-refractivity contribution in [2.24, 2.45) is 0 Å². The molecule has 9 nitrogen and oxygen atoms in total. The molecule has 1 aliphatic heterocycles. The number of aliphatic hydroxyl groups is 5. The summed E-state index contributed by atoms with van der Waals surface area (Å²) in [4.78, 5) is 13.0. The van der Waals surface area contributed by atoms with Gasteiger partial charge in [0.05, 0.1) is 25.4 Å². The molecule has 0 radical (unpaired) electrons. The van der Waals surface area contributed by atoms with Gasteiger partial charge >= 0.3 is 0 Å². The number of nitrogens with one attached hydrogen (secondary N) is 1. The molecule has 0 saturated carbocycles. The molecule has 0 spiro atoms. The Bertz CT molecular complexity index is 1130. The van der Waals surface area contributed by atoms with E-state index in [0.29, 0.717) is 6.42 Å². The molecule has 0 aliphatic carbocycles. The zero-order chi connectivity index (χ0) is 45.9. The van der Waals surface area contributed by atoms with Crippen molar-refractivity contribution in [2.45, 2.75) is 275 Å². The van der Waals surface area contributed by atoms with Crippen LogP contribution in [0.4, 0.5) is 0 Å². The predicted molar refractivity (Wildman–Crippen MR) is 263 cm³/mol. The minimum atomic E-state index is -1.57. The van der Waals surface area contributed by atoms with E-state index in [4.69, 9.17) is 9.47 Å². The van der Waals surface area contributed by atoms with E-state index in [9.17, 15) is 30.3 Å². The maximum atomic E-state index is 13.0. The lowest BCUT2D eigenvalue weighted by Crippen LogP contribution is -2.60. The highest BCUT2D eigenvalue weighted by molar-refractivity contribution is 5.76. The van der Waals surface area contributed by atoms with Gasteiger partial charge in [0.25, 0.3) is 0 Å². The monoisotopic (exact) mass is 890 g/mol. The average Bonchev–Trinajstić information content (AvgIpc) is 3.28. The first-order chi connectivity index (χ1) is 30.8. The van der Waals surface area contributed by atoms with Crippen molar-refractivity contribution in [1.29, 1.82) is 0 Å². The van der Waals surface area contributed by atoms with Crippen LogP contribution in [-0.4, -0.2) is 87.5 Å². The number of amides is 1. The second-order valence-electron chi connectivity index (χ2n) is 18.3. The maximum Gasteiger partial charge on any atom is 0.220 e. The van der Waals surface area contributed by atoms with Crippen LogP contribution in [0.25, 0.3) is 0 Å². The summed E-state index contributed by atoms with van der Waals surface area (Å²) in [5.41, 5.74) is 0. The first-order valence-electron chi connectivity index (χ1n) is 26.4. The smallest absolute Gasteiger partial charge is 0.220 e. The SMILES string of the molecule is CCCCCCC/C=C\C/C=C\CCCCCCCCCCCCCCCCCC(=O)NC(COC1OC(CO)C(O)C(O)C1O)C(O)/C=C/CC/C=C/CCCCCCCCC. The van der Waals surface area contributed by atoms with Gasteiger partial charge in [-0.1, -0.05) is 210 Å². The molecule has 0 aromatic rings. The molecule has 1 saturated heterocycles. The van der Waals surface area contributed by atoms with E-state index in [1.165, 1.54) is 167 Å². The number of hydrogen-bond donors (Lipinski definition) is 6. The van der Waals surface area contributed by atoms with E-state index in [2.05, 4.69) is 55.6 Å². The lowest BCUT2D eigenvalue weighted by Gasteiger charge is -2.40. The molecule has 7 atom stereocenters. The van der Waals surface area contributed by atoms with Gasteiger partial charge in [0.2, 0.25) is 5.91 Å². The van der Waals surface area contributed by atoms with Crippen molar-refractivity contribution in [3.8, 4) is 0 Å². The maximum absolute atomic E-state index is 13.0. The van der Waals surface area contributed by atoms with Gasteiger partial charge in [-0.3, -0.25) is 4.79 Å². The van der Waals surface area contributed by atoms with Gasteiger partial charge in [-0.25, -0.2) is 0 Å². The third-order valence-corrected chi connectivity index (χ3v) is 12.4. The topological polar surface area (TPSA) is 149 Å². The van der Waals surface area contributed by atoms with E-state index in [1.54, 1.807) is 6.08 Å². The molecule has 7 unspecified atom stereocenters. The number of carbonyl (C=O) groups is 1. The van der Waals surface area contributed by atoms with Crippen LogP contribution in [0.15, 0.2) is 48.6 Å². The van der Waals surface area contributed by atoms with Gasteiger partial charge < -0.3 is 40.3 Å². The summed E-state index contributed by atoms with van der Waals surface area (Å²) in [5.74, 6) is -0.187. The molecule has 1 rings (SSSR count). The summed E-state index contributed by atoms with van der Waals surface area (Å²) in [6, 6.07) is -0.821. The zero-order valence-electron chi connectivity index (χ0n) is 40.6. The molecule has 6 N–H and O–H groups in total. The Balaban J connectivity index is 2.21. The minimum absolute atomic E-state index is 0.187. The number of allylic oxidation sites excluding steroid dienone is 7. The minimum Gasteiger partial charge on any atom is -0.394 e. The molecular formula is C54H99NO8. The van der Waals surface area contributed by atoms with Gasteiger partial charge in [0.15, 0.2) is 6.29 Å². The Morgan fingerprint density at radius 1 is 0.540 bits per heavy atom. The largest absolute Gasteiger partial charge is 0.394 e. The Morgan fingerprint density at radius 3 is 1.43 bits per heavy atom. The van der Waals surface area contributed by atoms with E-state index in [1.807, 2.05) is 6.08 Å². The summed E-state index contributed by atoms with van der Waals surface area (Å²) in [6.07, 6.45) is 50.3. The third kappa shape index (κ3) is 34.2. The van der Waals surface area contributed by atoms with E-state index in [0.717, 1.165) is 44.9 Å². The molecule has 368 valence electrons. The summed E-state index contributed by atoms with van der Waals surface area (Å²) >= 11 is 0. The highest BCUT2D eigenvalue weighted by Gasteiger charge is 2.44. The van der Waals surface area contributed by atoms with Crippen LogP contribution in [0.1, 0.15) is 232 Å². The Hall–Kier alpha value is -1.85. The average molecular weight is 890 g/mol. The van der Waals surface area contributed by atoms with E-state index < -0.39 is 49.5 Å². The molecule has 9 heteroatoms. The van der Waals surface area contributed by atoms with Crippen LogP contribution < -0.4 is 5.32 Å². The summed E-state index contributed by atoms with van der Waals surface area (Å²) < 4.78 is 11.2. The van der Waals surface area contributed by atoms with Crippen molar-refractivity contribution in [2.75, 3.05) is 13.2 Å². The van der Waals surface area contributed by atoms with Gasteiger partial charge in [-0.05, 0) is 64.2 Å². The normalized spacial score (nSPS) is 20.5. The number of hydrogen-bond acceptors (Lipinski definition) is 8. The number of ether oxygens (including phenoxy) is 2. The summed E-state index contributed by atoms with van der Waals surface area (Å²) in [6.45, 7) is 3.74. The third-order valence-electron chi connectivity index (χ3n) is 12.4. The van der Waals surface area contributed by atoms with Crippen LogP contribution >= 0.6 is 0 Å². The fourth-order valence-corrected chi connectivity index (χ4v) is 8.14. The molecular weight excluding hydrogens is 791 g/mol. The number of unbranched alkanes of at least 4 members (excludes halogenated alkanes) is 28. The molecule has 0 aromatic heterocycles. The second-order valence-corrected chi connectivity index (χ2v) is 18.3.